The topological polar surface area (TPSA) is 107 Å². The Kier molecular flexibility index (Phi) is 5.24. The Balaban J connectivity index is 1.27. The molecule has 0 saturated carbocycles. The highest BCUT2D eigenvalue weighted by Crippen LogP contribution is 2.14. The molecule has 0 aliphatic carbocycles. The summed E-state index contributed by atoms with van der Waals surface area (Å²) in [6.07, 6.45) is 0.460. The summed E-state index contributed by atoms with van der Waals surface area (Å²) < 4.78 is 0. The van der Waals surface area contributed by atoms with Crippen LogP contribution in [-0.2, 0) is 22.6 Å². The minimum atomic E-state index is -0.836. The molecule has 4 amide bonds. The van der Waals surface area contributed by atoms with Crippen molar-refractivity contribution < 1.29 is 14.4 Å². The molecule has 1 aliphatic rings. The van der Waals surface area contributed by atoms with Crippen LogP contribution in [0.4, 0.5) is 4.79 Å². The summed E-state index contributed by atoms with van der Waals surface area (Å²) in [4.78, 5) is 45.6. The Bertz CT molecular complexity index is 1010. The van der Waals surface area contributed by atoms with Gasteiger partial charge in [-0.2, -0.15) is 0 Å². The standard InChI is InChI=1S/C21H21N5O3/c27-19(22-11-10-18-23-15-8-4-5-9-16(15)24-18)12-17-20(28)26(21(29)25-17)13-14-6-2-1-3-7-14/h1-9,17H,10-13H2,(H,22,27)(H,23,24)(H,25,29)/t17-/m0/s1. The van der Waals surface area contributed by atoms with E-state index in [1.807, 2.05) is 54.6 Å². The van der Waals surface area contributed by atoms with Crippen molar-refractivity contribution in [1.29, 1.82) is 0 Å². The Morgan fingerprint density at radius 2 is 1.83 bits per heavy atom. The largest absolute Gasteiger partial charge is 0.356 e. The number of rotatable bonds is 7. The fraction of sp³-hybridized carbons (Fsp3) is 0.238. The molecular formula is C21H21N5O3. The molecule has 3 aromatic rings. The first-order valence-electron chi connectivity index (χ1n) is 9.46. The third-order valence-corrected chi connectivity index (χ3v) is 4.80. The molecule has 0 radical (unpaired) electrons. The quantitative estimate of drug-likeness (QED) is 0.533. The third kappa shape index (κ3) is 4.26. The molecule has 1 aliphatic heterocycles. The molecule has 1 atom stereocenters. The Morgan fingerprint density at radius 1 is 1.07 bits per heavy atom. The number of imidazole rings is 1. The minimum Gasteiger partial charge on any atom is -0.356 e. The van der Waals surface area contributed by atoms with Crippen molar-refractivity contribution in [2.75, 3.05) is 6.54 Å². The highest BCUT2D eigenvalue weighted by atomic mass is 16.2. The van der Waals surface area contributed by atoms with Gasteiger partial charge in [-0.1, -0.05) is 42.5 Å². The molecule has 29 heavy (non-hydrogen) atoms. The van der Waals surface area contributed by atoms with Crippen LogP contribution in [0.5, 0.6) is 0 Å². The first kappa shape index (κ1) is 18.7. The number of nitrogens with one attached hydrogen (secondary N) is 3. The average Bonchev–Trinajstić information content (AvgIpc) is 3.24. The van der Waals surface area contributed by atoms with Crippen LogP contribution in [0.25, 0.3) is 11.0 Å². The SMILES string of the molecule is O=C(C[C@@H]1NC(=O)N(Cc2ccccc2)C1=O)NCCc1nc2ccccc2[nH]1. The average molecular weight is 391 g/mol. The van der Waals surface area contributed by atoms with Crippen LogP contribution in [0, 0.1) is 0 Å². The lowest BCUT2D eigenvalue weighted by molar-refractivity contribution is -0.131. The van der Waals surface area contributed by atoms with E-state index in [2.05, 4.69) is 20.6 Å². The van der Waals surface area contributed by atoms with Crippen molar-refractivity contribution in [2.45, 2.75) is 25.4 Å². The van der Waals surface area contributed by atoms with Gasteiger partial charge in [0.1, 0.15) is 11.9 Å². The second-order valence-corrected chi connectivity index (χ2v) is 6.92. The van der Waals surface area contributed by atoms with E-state index in [-0.39, 0.29) is 24.8 Å². The maximum Gasteiger partial charge on any atom is 0.325 e. The third-order valence-electron chi connectivity index (χ3n) is 4.80. The number of H-pyrrole nitrogens is 1. The normalized spacial score (nSPS) is 16.3. The van der Waals surface area contributed by atoms with Gasteiger partial charge in [-0.3, -0.25) is 14.5 Å². The van der Waals surface area contributed by atoms with Crippen LogP contribution in [-0.4, -0.2) is 45.3 Å². The first-order valence-corrected chi connectivity index (χ1v) is 9.46. The van der Waals surface area contributed by atoms with Gasteiger partial charge < -0.3 is 15.6 Å². The highest BCUT2D eigenvalue weighted by Gasteiger charge is 2.38. The van der Waals surface area contributed by atoms with Gasteiger partial charge in [0.05, 0.1) is 24.0 Å². The number of para-hydroxylation sites is 2. The summed E-state index contributed by atoms with van der Waals surface area (Å²) in [5.41, 5.74) is 2.69. The van der Waals surface area contributed by atoms with Crippen LogP contribution in [0.3, 0.4) is 0 Å². The number of fused-ring (bicyclic) bond motifs is 1. The molecule has 4 rings (SSSR count). The van der Waals surface area contributed by atoms with Crippen LogP contribution in [0.2, 0.25) is 0 Å². The minimum absolute atomic E-state index is 0.0873. The second kappa shape index (κ2) is 8.14. The van der Waals surface area contributed by atoms with Gasteiger partial charge in [0.2, 0.25) is 5.91 Å². The molecular weight excluding hydrogens is 370 g/mol. The lowest BCUT2D eigenvalue weighted by Crippen LogP contribution is -2.37. The molecule has 8 nitrogen and oxygen atoms in total. The molecule has 3 N–H and O–H groups in total. The van der Waals surface area contributed by atoms with Gasteiger partial charge in [-0.25, -0.2) is 9.78 Å². The van der Waals surface area contributed by atoms with E-state index in [0.29, 0.717) is 13.0 Å². The summed E-state index contributed by atoms with van der Waals surface area (Å²) in [6, 6.07) is 15.7. The Hall–Kier alpha value is -3.68. The van der Waals surface area contributed by atoms with Crippen molar-refractivity contribution >= 4 is 28.9 Å². The predicted molar refractivity (Wildman–Crippen MR) is 107 cm³/mol. The molecule has 1 aromatic heterocycles. The summed E-state index contributed by atoms with van der Waals surface area (Å²) in [5, 5.41) is 5.37. The highest BCUT2D eigenvalue weighted by molar-refractivity contribution is 6.05. The maximum absolute atomic E-state index is 12.5. The van der Waals surface area contributed by atoms with E-state index in [0.717, 1.165) is 27.3 Å². The Labute approximate surface area is 167 Å². The van der Waals surface area contributed by atoms with Crippen LogP contribution < -0.4 is 10.6 Å². The Morgan fingerprint density at radius 3 is 2.62 bits per heavy atom. The van der Waals surface area contributed by atoms with Crippen molar-refractivity contribution in [3.63, 3.8) is 0 Å². The number of imide groups is 1. The van der Waals surface area contributed by atoms with Gasteiger partial charge in [-0.15, -0.1) is 0 Å². The van der Waals surface area contributed by atoms with E-state index in [1.54, 1.807) is 0 Å². The van der Waals surface area contributed by atoms with E-state index in [4.69, 9.17) is 0 Å². The second-order valence-electron chi connectivity index (χ2n) is 6.92. The molecule has 2 aromatic carbocycles. The van der Waals surface area contributed by atoms with Gasteiger partial charge >= 0.3 is 6.03 Å². The molecule has 0 bridgehead atoms. The molecule has 148 valence electrons. The number of aromatic amines is 1. The number of carbonyl (C=O) groups excluding carboxylic acids is 3. The number of hydrogen-bond acceptors (Lipinski definition) is 4. The van der Waals surface area contributed by atoms with Crippen molar-refractivity contribution in [2.24, 2.45) is 0 Å². The monoisotopic (exact) mass is 391 g/mol. The number of carbonyl (C=O) groups is 3. The number of hydrogen-bond donors (Lipinski definition) is 3. The zero-order chi connectivity index (χ0) is 20.2. The molecule has 1 saturated heterocycles. The number of aromatic nitrogens is 2. The van der Waals surface area contributed by atoms with Gasteiger partial charge in [0.25, 0.3) is 5.91 Å². The molecule has 0 unspecified atom stereocenters. The van der Waals surface area contributed by atoms with Crippen molar-refractivity contribution in [1.82, 2.24) is 25.5 Å². The smallest absolute Gasteiger partial charge is 0.325 e. The number of urea groups is 1. The molecule has 0 spiro atoms. The van der Waals surface area contributed by atoms with Crippen molar-refractivity contribution in [3.8, 4) is 0 Å². The zero-order valence-corrected chi connectivity index (χ0v) is 15.7. The zero-order valence-electron chi connectivity index (χ0n) is 15.7. The predicted octanol–water partition coefficient (Wildman–Crippen LogP) is 1.73. The number of nitrogens with zero attached hydrogens (tertiary/aromatic N) is 2. The fourth-order valence-electron chi connectivity index (χ4n) is 3.33. The molecule has 8 heteroatoms. The van der Waals surface area contributed by atoms with E-state index < -0.39 is 12.1 Å². The lowest BCUT2D eigenvalue weighted by Gasteiger charge is -2.13. The first-order chi connectivity index (χ1) is 14.1. The van der Waals surface area contributed by atoms with Gasteiger partial charge in [-0.05, 0) is 17.7 Å². The summed E-state index contributed by atoms with van der Waals surface area (Å²) in [7, 11) is 0. The summed E-state index contributed by atoms with van der Waals surface area (Å²) in [6.45, 7) is 0.580. The van der Waals surface area contributed by atoms with Crippen LogP contribution in [0.15, 0.2) is 54.6 Å². The van der Waals surface area contributed by atoms with Gasteiger partial charge in [0, 0.05) is 13.0 Å². The summed E-state index contributed by atoms with van der Waals surface area (Å²) in [5.74, 6) is 0.110. The van der Waals surface area contributed by atoms with E-state index >= 15 is 0 Å². The van der Waals surface area contributed by atoms with Crippen LogP contribution in [0.1, 0.15) is 17.8 Å². The number of amides is 4. The lowest BCUT2D eigenvalue weighted by atomic mass is 10.1. The van der Waals surface area contributed by atoms with Crippen molar-refractivity contribution in [3.05, 3.63) is 66.0 Å². The summed E-state index contributed by atoms with van der Waals surface area (Å²) >= 11 is 0. The maximum atomic E-state index is 12.5. The van der Waals surface area contributed by atoms with E-state index in [1.165, 1.54) is 0 Å². The van der Waals surface area contributed by atoms with Crippen LogP contribution >= 0.6 is 0 Å². The van der Waals surface area contributed by atoms with E-state index in [9.17, 15) is 14.4 Å². The molecule has 1 fully saturated rings. The number of benzene rings is 2. The van der Waals surface area contributed by atoms with Gasteiger partial charge in [0.15, 0.2) is 0 Å². The fourth-order valence-corrected chi connectivity index (χ4v) is 3.33. The molecule has 2 heterocycles.